The quantitative estimate of drug-likeness (QED) is 0.263. The summed E-state index contributed by atoms with van der Waals surface area (Å²) in [7, 11) is 0. The van der Waals surface area contributed by atoms with Crippen LogP contribution in [0.3, 0.4) is 0 Å². The monoisotopic (exact) mass is 461 g/mol. The van der Waals surface area contributed by atoms with Crippen LogP contribution in [0.1, 0.15) is 34.7 Å². The van der Waals surface area contributed by atoms with Crippen LogP contribution >= 0.6 is 0 Å². The van der Waals surface area contributed by atoms with E-state index in [0.29, 0.717) is 18.1 Å². The van der Waals surface area contributed by atoms with Gasteiger partial charge in [0.25, 0.3) is 5.69 Å². The van der Waals surface area contributed by atoms with Crippen molar-refractivity contribution < 1.29 is 19.2 Å². The molecule has 8 heteroatoms. The molecule has 0 aliphatic heterocycles. The molecule has 0 heterocycles. The maximum absolute atomic E-state index is 12.2. The Morgan fingerprint density at radius 3 is 2.47 bits per heavy atom. The number of ether oxygens (including phenoxy) is 2. The van der Waals surface area contributed by atoms with E-state index in [-0.39, 0.29) is 24.6 Å². The molecule has 3 rings (SSSR count). The Bertz CT molecular complexity index is 1190. The summed E-state index contributed by atoms with van der Waals surface area (Å²) in [5.41, 5.74) is 7.31. The largest absolute Gasteiger partial charge is 0.490 e. The lowest BCUT2D eigenvalue weighted by Gasteiger charge is -2.12. The fourth-order valence-electron chi connectivity index (χ4n) is 3.30. The number of hydrogen-bond acceptors (Lipinski definition) is 6. The van der Waals surface area contributed by atoms with Crippen molar-refractivity contribution in [3.8, 4) is 11.5 Å². The topological polar surface area (TPSA) is 103 Å². The van der Waals surface area contributed by atoms with Crippen LogP contribution in [0.15, 0.2) is 65.8 Å². The molecule has 0 fully saturated rings. The molecule has 0 atom stereocenters. The molecule has 0 saturated carbocycles. The van der Waals surface area contributed by atoms with Crippen molar-refractivity contribution in [3.63, 3.8) is 0 Å². The van der Waals surface area contributed by atoms with E-state index in [1.807, 2.05) is 39.0 Å². The van der Waals surface area contributed by atoms with E-state index in [4.69, 9.17) is 9.47 Å². The molecule has 8 nitrogen and oxygen atoms in total. The maximum atomic E-state index is 12.2. The van der Waals surface area contributed by atoms with Crippen LogP contribution in [0, 0.1) is 24.0 Å². The van der Waals surface area contributed by atoms with Crippen LogP contribution in [-0.2, 0) is 17.8 Å². The van der Waals surface area contributed by atoms with Gasteiger partial charge in [-0.25, -0.2) is 5.43 Å². The predicted molar refractivity (Wildman–Crippen MR) is 130 cm³/mol. The smallest absolute Gasteiger partial charge is 0.269 e. The fourth-order valence-corrected chi connectivity index (χ4v) is 3.30. The summed E-state index contributed by atoms with van der Waals surface area (Å²) in [5, 5.41) is 14.8. The molecule has 34 heavy (non-hydrogen) atoms. The van der Waals surface area contributed by atoms with E-state index in [1.165, 1.54) is 12.1 Å². The molecule has 3 aromatic carbocycles. The minimum atomic E-state index is -0.440. The zero-order chi connectivity index (χ0) is 24.5. The van der Waals surface area contributed by atoms with Crippen molar-refractivity contribution in [2.24, 2.45) is 5.10 Å². The van der Waals surface area contributed by atoms with Crippen LogP contribution in [0.2, 0.25) is 0 Å². The van der Waals surface area contributed by atoms with Gasteiger partial charge in [0.05, 0.1) is 24.2 Å². The van der Waals surface area contributed by atoms with Gasteiger partial charge in [-0.05, 0) is 73.4 Å². The van der Waals surface area contributed by atoms with Crippen molar-refractivity contribution in [2.75, 3.05) is 6.61 Å². The van der Waals surface area contributed by atoms with Gasteiger partial charge in [-0.3, -0.25) is 14.9 Å². The van der Waals surface area contributed by atoms with Gasteiger partial charge in [-0.2, -0.15) is 5.10 Å². The lowest BCUT2D eigenvalue weighted by atomic mass is 10.0. The number of amides is 1. The first-order valence-electron chi connectivity index (χ1n) is 10.9. The summed E-state index contributed by atoms with van der Waals surface area (Å²) in [6, 6.07) is 17.5. The second-order valence-electron chi connectivity index (χ2n) is 7.75. The van der Waals surface area contributed by atoms with E-state index >= 15 is 0 Å². The molecule has 0 aliphatic carbocycles. The highest BCUT2D eigenvalue weighted by Gasteiger charge is 2.09. The number of non-ortho nitro benzene ring substituents is 1. The van der Waals surface area contributed by atoms with E-state index in [1.54, 1.807) is 36.5 Å². The predicted octanol–water partition coefficient (Wildman–Crippen LogP) is 4.88. The molecule has 3 aromatic rings. The summed E-state index contributed by atoms with van der Waals surface area (Å²) < 4.78 is 11.5. The van der Waals surface area contributed by atoms with Crippen LogP contribution in [0.4, 0.5) is 5.69 Å². The molecule has 1 amide bonds. The Balaban J connectivity index is 1.60. The molecule has 0 saturated heterocycles. The van der Waals surface area contributed by atoms with Crippen LogP contribution in [0.25, 0.3) is 0 Å². The molecule has 1 N–H and O–H groups in total. The Kier molecular flexibility index (Phi) is 8.34. The molecule has 0 aromatic heterocycles. The second kappa shape index (κ2) is 11.6. The average molecular weight is 462 g/mol. The van der Waals surface area contributed by atoms with Gasteiger partial charge in [0.2, 0.25) is 5.91 Å². The molecule has 0 unspecified atom stereocenters. The fraction of sp³-hybridized carbons (Fsp3) is 0.231. The molecular weight excluding hydrogens is 434 g/mol. The van der Waals surface area contributed by atoms with E-state index in [9.17, 15) is 14.9 Å². The van der Waals surface area contributed by atoms with E-state index in [2.05, 4.69) is 10.5 Å². The Morgan fingerprint density at radius 2 is 1.79 bits per heavy atom. The third-order valence-corrected chi connectivity index (χ3v) is 5.06. The SMILES string of the molecule is CCOc1cc(/C=N\NC(=O)Cc2ccc(C)cc2C)ccc1OCc1ccc([N+](=O)[O-])cc1. The third-order valence-electron chi connectivity index (χ3n) is 5.06. The van der Waals surface area contributed by atoms with Crippen LogP contribution < -0.4 is 14.9 Å². The van der Waals surface area contributed by atoms with Gasteiger partial charge >= 0.3 is 0 Å². The number of hydrazone groups is 1. The molecule has 0 aliphatic rings. The first kappa shape index (κ1) is 24.4. The minimum absolute atomic E-state index is 0.0310. The summed E-state index contributed by atoms with van der Waals surface area (Å²) in [4.78, 5) is 22.6. The number of carbonyl (C=O) groups is 1. The summed E-state index contributed by atoms with van der Waals surface area (Å²) in [5.74, 6) is 0.877. The van der Waals surface area contributed by atoms with Crippen molar-refractivity contribution in [2.45, 2.75) is 33.8 Å². The standard InChI is InChI=1S/C26H27N3O5/c1-4-33-25-14-21(16-27-28-26(30)15-22-9-5-18(2)13-19(22)3)8-12-24(25)34-17-20-6-10-23(11-7-20)29(31)32/h5-14,16H,4,15,17H2,1-3H3,(H,28,30)/b27-16-. The number of carbonyl (C=O) groups excluding carboxylic acids is 1. The summed E-state index contributed by atoms with van der Waals surface area (Å²) in [6.45, 7) is 6.55. The molecule has 176 valence electrons. The number of nitro benzene ring substituents is 1. The van der Waals surface area contributed by atoms with Crippen molar-refractivity contribution in [1.82, 2.24) is 5.43 Å². The molecule has 0 radical (unpaired) electrons. The lowest BCUT2D eigenvalue weighted by Crippen LogP contribution is -2.20. The van der Waals surface area contributed by atoms with Gasteiger partial charge in [0.1, 0.15) is 6.61 Å². The Hall–Kier alpha value is -4.20. The molecular formula is C26H27N3O5. The first-order valence-corrected chi connectivity index (χ1v) is 10.9. The second-order valence-corrected chi connectivity index (χ2v) is 7.75. The van der Waals surface area contributed by atoms with Gasteiger partial charge in [-0.1, -0.05) is 23.8 Å². The zero-order valence-corrected chi connectivity index (χ0v) is 19.4. The third kappa shape index (κ3) is 6.90. The van der Waals surface area contributed by atoms with Crippen molar-refractivity contribution in [3.05, 3.63) is 98.6 Å². The highest BCUT2D eigenvalue weighted by atomic mass is 16.6. The summed E-state index contributed by atoms with van der Waals surface area (Å²) >= 11 is 0. The molecule has 0 spiro atoms. The first-order chi connectivity index (χ1) is 16.4. The number of nitrogens with zero attached hydrogens (tertiary/aromatic N) is 2. The van der Waals surface area contributed by atoms with Gasteiger partial charge in [-0.15, -0.1) is 0 Å². The normalized spacial score (nSPS) is 10.8. The van der Waals surface area contributed by atoms with E-state index < -0.39 is 4.92 Å². The Labute approximate surface area is 198 Å². The van der Waals surface area contributed by atoms with Gasteiger partial charge in [0, 0.05) is 12.1 Å². The van der Waals surface area contributed by atoms with Crippen LogP contribution in [-0.4, -0.2) is 23.7 Å². The Morgan fingerprint density at radius 1 is 1.03 bits per heavy atom. The summed E-state index contributed by atoms with van der Waals surface area (Å²) in [6.07, 6.45) is 1.80. The van der Waals surface area contributed by atoms with Crippen molar-refractivity contribution in [1.29, 1.82) is 0 Å². The number of nitro groups is 1. The highest BCUT2D eigenvalue weighted by Crippen LogP contribution is 2.29. The molecule has 0 bridgehead atoms. The number of aryl methyl sites for hydroxylation is 2. The van der Waals surface area contributed by atoms with Crippen molar-refractivity contribution >= 4 is 17.8 Å². The van der Waals surface area contributed by atoms with E-state index in [0.717, 1.165) is 27.8 Å². The number of rotatable bonds is 10. The zero-order valence-electron chi connectivity index (χ0n) is 19.4. The minimum Gasteiger partial charge on any atom is -0.490 e. The number of benzene rings is 3. The van der Waals surface area contributed by atoms with Gasteiger partial charge in [0.15, 0.2) is 11.5 Å². The maximum Gasteiger partial charge on any atom is 0.269 e. The average Bonchev–Trinajstić information content (AvgIpc) is 2.81. The lowest BCUT2D eigenvalue weighted by molar-refractivity contribution is -0.384. The highest BCUT2D eigenvalue weighted by molar-refractivity contribution is 5.84. The van der Waals surface area contributed by atoms with Crippen LogP contribution in [0.5, 0.6) is 11.5 Å². The van der Waals surface area contributed by atoms with Gasteiger partial charge < -0.3 is 9.47 Å². The number of hydrogen-bond donors (Lipinski definition) is 1. The number of nitrogens with one attached hydrogen (secondary N) is 1.